The molecule has 2 aliphatic heterocycles. The van der Waals surface area contributed by atoms with E-state index in [9.17, 15) is 23.7 Å². The first kappa shape index (κ1) is 32.9. The van der Waals surface area contributed by atoms with E-state index >= 15 is 0 Å². The van der Waals surface area contributed by atoms with Crippen molar-refractivity contribution in [2.24, 2.45) is 0 Å². The van der Waals surface area contributed by atoms with Crippen LogP contribution in [0.1, 0.15) is 32.6 Å². The minimum atomic E-state index is -3.93. The Hall–Kier alpha value is -5.62. The van der Waals surface area contributed by atoms with E-state index in [0.29, 0.717) is 60.3 Å². The third-order valence-corrected chi connectivity index (χ3v) is 11.4. The van der Waals surface area contributed by atoms with Crippen molar-refractivity contribution in [1.29, 1.82) is 10.5 Å². The lowest BCUT2D eigenvalue weighted by Crippen LogP contribution is -2.49. The van der Waals surface area contributed by atoms with Crippen molar-refractivity contribution in [1.82, 2.24) is 13.8 Å². The molecule has 0 saturated carbocycles. The maximum atomic E-state index is 14.3. The van der Waals surface area contributed by atoms with Crippen LogP contribution in [0.25, 0.3) is 10.9 Å². The van der Waals surface area contributed by atoms with Gasteiger partial charge in [0, 0.05) is 76.0 Å². The molecule has 2 fully saturated rings. The van der Waals surface area contributed by atoms with Gasteiger partial charge in [0.05, 0.1) is 32.9 Å². The molecule has 3 heterocycles. The van der Waals surface area contributed by atoms with Gasteiger partial charge in [-0.1, -0.05) is 42.0 Å². The zero-order valence-electron chi connectivity index (χ0n) is 27.9. The number of para-hydroxylation sites is 2. The molecule has 7 rings (SSSR count). The molecule has 5 aromatic rings. The van der Waals surface area contributed by atoms with Gasteiger partial charge in [0.2, 0.25) is 0 Å². The molecule has 11 heteroatoms. The van der Waals surface area contributed by atoms with E-state index in [1.54, 1.807) is 42.6 Å². The Morgan fingerprint density at radius 1 is 0.720 bits per heavy atom. The first-order valence-electron chi connectivity index (χ1n) is 16.7. The number of nitrogens with zero attached hydrogens (tertiary/aromatic N) is 7. The highest BCUT2D eigenvalue weighted by Gasteiger charge is 2.28. The van der Waals surface area contributed by atoms with Crippen molar-refractivity contribution in [3.05, 3.63) is 125 Å². The molecular formula is C39H37N7O3S. The van der Waals surface area contributed by atoms with E-state index < -0.39 is 10.0 Å². The average Bonchev–Trinajstić information content (AvgIpc) is 3.60. The van der Waals surface area contributed by atoms with Crippen LogP contribution in [0, 0.1) is 29.6 Å². The van der Waals surface area contributed by atoms with Gasteiger partial charge in [-0.15, -0.1) is 0 Å². The monoisotopic (exact) mass is 683 g/mol. The number of hydrogen-bond acceptors (Lipinski definition) is 8. The number of carbonyl (C=O) groups excluding carboxylic acids is 1. The lowest BCUT2D eigenvalue weighted by atomic mass is 10.0. The lowest BCUT2D eigenvalue weighted by molar-refractivity contribution is 0.0748. The molecule has 0 atom stereocenters. The maximum absolute atomic E-state index is 14.3. The summed E-state index contributed by atoms with van der Waals surface area (Å²) in [4.78, 5) is 23.0. The second-order valence-electron chi connectivity index (χ2n) is 12.8. The van der Waals surface area contributed by atoms with Crippen molar-refractivity contribution in [2.75, 3.05) is 62.2 Å². The molecule has 2 saturated heterocycles. The van der Waals surface area contributed by atoms with Crippen LogP contribution in [0.4, 0.5) is 11.4 Å². The van der Waals surface area contributed by atoms with Gasteiger partial charge >= 0.3 is 0 Å². The van der Waals surface area contributed by atoms with E-state index in [-0.39, 0.29) is 10.8 Å². The normalized spacial score (nSPS) is 15.5. The molecule has 0 bridgehead atoms. The Kier molecular flexibility index (Phi) is 9.02. The summed E-state index contributed by atoms with van der Waals surface area (Å²) in [6.45, 7) is 7.52. The predicted octanol–water partition coefficient (Wildman–Crippen LogP) is 5.21. The number of benzene rings is 4. The van der Waals surface area contributed by atoms with Gasteiger partial charge in [0.1, 0.15) is 12.1 Å². The van der Waals surface area contributed by atoms with Gasteiger partial charge in [-0.2, -0.15) is 10.5 Å². The number of rotatable bonds is 7. The second kappa shape index (κ2) is 13.7. The summed E-state index contributed by atoms with van der Waals surface area (Å²) in [7, 11) is -3.93. The highest BCUT2D eigenvalue weighted by molar-refractivity contribution is 7.90. The number of fused-ring (bicyclic) bond motifs is 1. The van der Waals surface area contributed by atoms with Crippen LogP contribution in [-0.2, 0) is 16.6 Å². The molecule has 0 aliphatic carbocycles. The molecule has 0 N–H and O–H groups in total. The van der Waals surface area contributed by atoms with E-state index in [2.05, 4.69) is 26.8 Å². The van der Waals surface area contributed by atoms with Gasteiger partial charge in [-0.05, 0) is 67.1 Å². The summed E-state index contributed by atoms with van der Waals surface area (Å²) in [5, 5.41) is 19.8. The number of hydrogen-bond donors (Lipinski definition) is 0. The highest BCUT2D eigenvalue weighted by atomic mass is 32.2. The standard InChI is InChI=1S/C39H37N7O3S/c1-29-10-12-33(13-11-29)50(48,49)46-15-14-34-35(39(47)45-22-20-44(21-23-45)37-9-5-3-7-32(37)27-41)24-30(25-38(34)46)28-42-16-18-43(19-17-42)36-8-4-2-6-31(36)26-40/h2-15,24-25H,16-23,28H2,1H3. The summed E-state index contributed by atoms with van der Waals surface area (Å²) in [6, 6.07) is 32.0. The topological polar surface area (TPSA) is 117 Å². The van der Waals surface area contributed by atoms with Gasteiger partial charge in [0.25, 0.3) is 15.9 Å². The SMILES string of the molecule is Cc1ccc(S(=O)(=O)n2ccc3c(C(=O)N4CCN(c5ccccc5C#N)CC4)cc(CN4CCN(c5ccccc5C#N)CC4)cc32)cc1. The predicted molar refractivity (Wildman–Crippen MR) is 194 cm³/mol. The summed E-state index contributed by atoms with van der Waals surface area (Å²) in [5.74, 6) is -0.145. The molecule has 0 unspecified atom stereocenters. The average molecular weight is 684 g/mol. The number of aryl methyl sites for hydroxylation is 1. The van der Waals surface area contributed by atoms with Crippen LogP contribution in [-0.4, -0.2) is 80.5 Å². The molecule has 4 aromatic carbocycles. The van der Waals surface area contributed by atoms with Crippen molar-refractivity contribution >= 4 is 38.2 Å². The zero-order chi connectivity index (χ0) is 34.8. The molecule has 252 valence electrons. The van der Waals surface area contributed by atoms with Crippen molar-refractivity contribution < 1.29 is 13.2 Å². The molecule has 10 nitrogen and oxygen atoms in total. The van der Waals surface area contributed by atoms with Crippen molar-refractivity contribution in [3.63, 3.8) is 0 Å². The summed E-state index contributed by atoms with van der Waals surface area (Å²) in [5.41, 5.74) is 5.81. The molecule has 50 heavy (non-hydrogen) atoms. The molecule has 1 aromatic heterocycles. The Morgan fingerprint density at radius 2 is 1.28 bits per heavy atom. The van der Waals surface area contributed by atoms with Crippen LogP contribution >= 0.6 is 0 Å². The van der Waals surface area contributed by atoms with E-state index in [1.807, 2.05) is 66.4 Å². The van der Waals surface area contributed by atoms with Crippen LogP contribution in [0.2, 0.25) is 0 Å². The Morgan fingerprint density at radius 3 is 1.86 bits per heavy atom. The van der Waals surface area contributed by atoms with Crippen molar-refractivity contribution in [3.8, 4) is 12.1 Å². The molecule has 0 radical (unpaired) electrons. The second-order valence-corrected chi connectivity index (χ2v) is 14.6. The van der Waals surface area contributed by atoms with Crippen LogP contribution in [0.15, 0.2) is 102 Å². The van der Waals surface area contributed by atoms with E-state index in [4.69, 9.17) is 0 Å². The number of anilines is 2. The lowest BCUT2D eigenvalue weighted by Gasteiger charge is -2.37. The molecule has 0 spiro atoms. The zero-order valence-corrected chi connectivity index (χ0v) is 28.7. The molecule has 1 amide bonds. The fourth-order valence-corrected chi connectivity index (χ4v) is 8.33. The van der Waals surface area contributed by atoms with Gasteiger partial charge < -0.3 is 14.7 Å². The Balaban J connectivity index is 1.18. The van der Waals surface area contributed by atoms with Gasteiger partial charge in [-0.25, -0.2) is 12.4 Å². The molecular weight excluding hydrogens is 647 g/mol. The van der Waals surface area contributed by atoms with Gasteiger partial charge in [-0.3, -0.25) is 9.69 Å². The van der Waals surface area contributed by atoms with Crippen LogP contribution < -0.4 is 9.80 Å². The van der Waals surface area contributed by atoms with Crippen LogP contribution in [0.5, 0.6) is 0 Å². The quantitative estimate of drug-likeness (QED) is 0.230. The van der Waals surface area contributed by atoms with Crippen molar-refractivity contribution in [2.45, 2.75) is 18.4 Å². The molecule has 2 aliphatic rings. The third-order valence-electron chi connectivity index (χ3n) is 9.72. The fourth-order valence-electron chi connectivity index (χ4n) is 6.99. The first-order chi connectivity index (χ1) is 24.3. The van der Waals surface area contributed by atoms with E-state index in [1.165, 1.54) is 3.97 Å². The summed E-state index contributed by atoms with van der Waals surface area (Å²) in [6.07, 6.45) is 1.54. The summed E-state index contributed by atoms with van der Waals surface area (Å²) >= 11 is 0. The highest BCUT2D eigenvalue weighted by Crippen LogP contribution is 2.30. The fraction of sp³-hybridized carbons (Fsp3) is 0.256. The summed E-state index contributed by atoms with van der Waals surface area (Å²) < 4.78 is 29.2. The first-order valence-corrected chi connectivity index (χ1v) is 18.2. The Bertz CT molecular complexity index is 2250. The minimum absolute atomic E-state index is 0.145. The number of aromatic nitrogens is 1. The van der Waals surface area contributed by atoms with Gasteiger partial charge in [0.15, 0.2) is 0 Å². The Labute approximate surface area is 292 Å². The number of amides is 1. The largest absolute Gasteiger partial charge is 0.368 e. The smallest absolute Gasteiger partial charge is 0.268 e. The maximum Gasteiger partial charge on any atom is 0.268 e. The third kappa shape index (κ3) is 6.29. The van der Waals surface area contributed by atoms with Crippen LogP contribution in [0.3, 0.4) is 0 Å². The van der Waals surface area contributed by atoms with E-state index in [0.717, 1.165) is 48.7 Å². The minimum Gasteiger partial charge on any atom is -0.368 e. The number of piperazine rings is 2. The number of carbonyl (C=O) groups is 1. The number of nitriles is 2.